The Kier molecular flexibility index (Phi) is 4.52. The lowest BCUT2D eigenvalue weighted by Gasteiger charge is -2.26. The molecule has 2 unspecified atom stereocenters. The molecule has 1 aliphatic heterocycles. The molecule has 0 radical (unpaired) electrons. The van der Waals surface area contributed by atoms with Crippen LogP contribution in [0, 0.1) is 0 Å². The van der Waals surface area contributed by atoms with Crippen molar-refractivity contribution in [2.24, 2.45) is 0 Å². The first-order valence-corrected chi connectivity index (χ1v) is 7.64. The fraction of sp³-hybridized carbons (Fsp3) is 0.600. The maximum atomic E-state index is 9.99. The highest BCUT2D eigenvalue weighted by molar-refractivity contribution is 9.11. The Morgan fingerprint density at radius 2 is 2.47 bits per heavy atom. The summed E-state index contributed by atoms with van der Waals surface area (Å²) < 4.78 is 6.66. The van der Waals surface area contributed by atoms with Crippen molar-refractivity contribution < 1.29 is 9.84 Å². The molecule has 5 heteroatoms. The summed E-state index contributed by atoms with van der Waals surface area (Å²) in [4.78, 5) is 1.20. The molecular formula is C10H13BrO2S2. The van der Waals surface area contributed by atoms with Crippen LogP contribution in [-0.2, 0) is 11.2 Å². The maximum Gasteiger partial charge on any atom is 0.0927 e. The molecule has 0 bridgehead atoms. The summed E-state index contributed by atoms with van der Waals surface area (Å²) in [6, 6.07) is 4.07. The fourth-order valence-electron chi connectivity index (χ4n) is 1.53. The van der Waals surface area contributed by atoms with Gasteiger partial charge in [-0.3, -0.25) is 0 Å². The van der Waals surface area contributed by atoms with Gasteiger partial charge in [0.25, 0.3) is 0 Å². The highest BCUT2D eigenvalue weighted by Crippen LogP contribution is 2.25. The monoisotopic (exact) mass is 308 g/mol. The van der Waals surface area contributed by atoms with Gasteiger partial charge in [-0.1, -0.05) is 0 Å². The zero-order valence-corrected chi connectivity index (χ0v) is 11.4. The van der Waals surface area contributed by atoms with Gasteiger partial charge < -0.3 is 9.84 Å². The minimum absolute atomic E-state index is 0.00428. The summed E-state index contributed by atoms with van der Waals surface area (Å²) in [7, 11) is 0. The smallest absolute Gasteiger partial charge is 0.0927 e. The van der Waals surface area contributed by atoms with Crippen LogP contribution in [0.1, 0.15) is 4.88 Å². The molecule has 1 N–H and O–H groups in total. The molecule has 0 aromatic carbocycles. The van der Waals surface area contributed by atoms with Crippen molar-refractivity contribution >= 4 is 39.0 Å². The molecule has 2 heterocycles. The van der Waals surface area contributed by atoms with Crippen LogP contribution in [-0.4, -0.2) is 35.4 Å². The van der Waals surface area contributed by atoms with E-state index in [1.807, 2.05) is 23.9 Å². The third-order valence-corrected chi connectivity index (χ3v) is 4.98. The third kappa shape index (κ3) is 3.46. The minimum atomic E-state index is -0.372. The van der Waals surface area contributed by atoms with Gasteiger partial charge >= 0.3 is 0 Å². The van der Waals surface area contributed by atoms with Crippen molar-refractivity contribution in [1.82, 2.24) is 0 Å². The molecule has 0 aliphatic carbocycles. The molecule has 15 heavy (non-hydrogen) atoms. The first-order valence-electron chi connectivity index (χ1n) is 4.87. The largest absolute Gasteiger partial charge is 0.390 e. The van der Waals surface area contributed by atoms with E-state index in [0.29, 0.717) is 6.42 Å². The van der Waals surface area contributed by atoms with E-state index < -0.39 is 0 Å². The first kappa shape index (κ1) is 11.9. The number of aliphatic hydroxyl groups is 1. The predicted molar refractivity (Wildman–Crippen MR) is 68.8 cm³/mol. The van der Waals surface area contributed by atoms with Crippen molar-refractivity contribution in [3.8, 4) is 0 Å². The number of thioether (sulfide) groups is 1. The molecular weight excluding hydrogens is 296 g/mol. The summed E-state index contributed by atoms with van der Waals surface area (Å²) in [5.41, 5.74) is 0. The number of hydrogen-bond acceptors (Lipinski definition) is 4. The van der Waals surface area contributed by atoms with Gasteiger partial charge in [-0.2, -0.15) is 11.8 Å². The molecule has 1 aliphatic rings. The van der Waals surface area contributed by atoms with E-state index in [1.165, 1.54) is 4.88 Å². The van der Waals surface area contributed by atoms with Gasteiger partial charge in [-0.15, -0.1) is 11.3 Å². The number of hydrogen-bond donors (Lipinski definition) is 1. The van der Waals surface area contributed by atoms with Crippen molar-refractivity contribution in [3.63, 3.8) is 0 Å². The van der Waals surface area contributed by atoms with Gasteiger partial charge in [-0.25, -0.2) is 0 Å². The highest BCUT2D eigenvalue weighted by Gasteiger charge is 2.23. The van der Waals surface area contributed by atoms with E-state index in [2.05, 4.69) is 15.9 Å². The Labute approximate surface area is 106 Å². The van der Waals surface area contributed by atoms with Crippen molar-refractivity contribution in [2.75, 3.05) is 18.1 Å². The number of halogens is 1. The predicted octanol–water partition coefficient (Wildman–Crippen LogP) is 2.55. The van der Waals surface area contributed by atoms with Crippen molar-refractivity contribution in [2.45, 2.75) is 18.6 Å². The van der Waals surface area contributed by atoms with Crippen LogP contribution >= 0.6 is 39.0 Å². The normalized spacial score (nSPS) is 24.0. The Morgan fingerprint density at radius 3 is 3.07 bits per heavy atom. The second-order valence-electron chi connectivity index (χ2n) is 3.46. The third-order valence-electron chi connectivity index (χ3n) is 2.31. The molecule has 1 aromatic heterocycles. The molecule has 0 amide bonds. The summed E-state index contributed by atoms with van der Waals surface area (Å²) in [5, 5.41) is 9.99. The molecule has 1 fully saturated rings. The number of thiophene rings is 1. The lowest BCUT2D eigenvalue weighted by molar-refractivity contribution is -0.0204. The average Bonchev–Trinajstić information content (AvgIpc) is 2.65. The fourth-order valence-corrected chi connectivity index (χ4v) is 3.99. The van der Waals surface area contributed by atoms with Crippen LogP contribution < -0.4 is 0 Å². The van der Waals surface area contributed by atoms with Crippen LogP contribution in [0.2, 0.25) is 0 Å². The lowest BCUT2D eigenvalue weighted by atomic mass is 10.1. The quantitative estimate of drug-likeness (QED) is 0.930. The van der Waals surface area contributed by atoms with E-state index in [1.54, 1.807) is 11.3 Å². The summed E-state index contributed by atoms with van der Waals surface area (Å²) in [5.74, 6) is 1.96. The average molecular weight is 309 g/mol. The van der Waals surface area contributed by atoms with Gasteiger partial charge in [0, 0.05) is 22.8 Å². The Hall–Kier alpha value is 0.450. The van der Waals surface area contributed by atoms with Gasteiger partial charge in [0.15, 0.2) is 0 Å². The van der Waals surface area contributed by atoms with Crippen LogP contribution in [0.15, 0.2) is 15.9 Å². The topological polar surface area (TPSA) is 29.5 Å². The second-order valence-corrected chi connectivity index (χ2v) is 7.16. The second kappa shape index (κ2) is 5.68. The standard InChI is InChI=1S/C10H13BrO2S2/c11-10-2-1-7(15-10)5-8(12)9-6-14-4-3-13-9/h1-2,8-9,12H,3-6H2. The molecule has 2 atom stereocenters. The number of rotatable bonds is 3. The molecule has 84 valence electrons. The summed E-state index contributed by atoms with van der Waals surface area (Å²) in [6.45, 7) is 0.764. The zero-order chi connectivity index (χ0) is 10.7. The number of aliphatic hydroxyl groups excluding tert-OH is 1. The molecule has 1 saturated heterocycles. The Morgan fingerprint density at radius 1 is 1.60 bits per heavy atom. The molecule has 2 nitrogen and oxygen atoms in total. The van der Waals surface area contributed by atoms with E-state index in [4.69, 9.17) is 4.74 Å². The summed E-state index contributed by atoms with van der Waals surface area (Å²) in [6.07, 6.45) is 0.328. The Bertz CT molecular complexity index is 310. The van der Waals surface area contributed by atoms with E-state index in [0.717, 1.165) is 21.9 Å². The SMILES string of the molecule is OC(Cc1ccc(Br)s1)C1CSCCO1. The van der Waals surface area contributed by atoms with Gasteiger partial charge in [0.05, 0.1) is 22.6 Å². The van der Waals surface area contributed by atoms with Crippen LogP contribution in [0.25, 0.3) is 0 Å². The van der Waals surface area contributed by atoms with Gasteiger partial charge in [0.2, 0.25) is 0 Å². The highest BCUT2D eigenvalue weighted by atomic mass is 79.9. The molecule has 0 saturated carbocycles. The van der Waals surface area contributed by atoms with Crippen molar-refractivity contribution in [1.29, 1.82) is 0 Å². The van der Waals surface area contributed by atoms with Crippen LogP contribution in [0.4, 0.5) is 0 Å². The van der Waals surface area contributed by atoms with Gasteiger partial charge in [0.1, 0.15) is 0 Å². The lowest BCUT2D eigenvalue weighted by Crippen LogP contribution is -2.36. The zero-order valence-electron chi connectivity index (χ0n) is 8.19. The molecule has 2 rings (SSSR count). The van der Waals surface area contributed by atoms with E-state index >= 15 is 0 Å². The van der Waals surface area contributed by atoms with E-state index in [9.17, 15) is 5.11 Å². The Balaban J connectivity index is 1.88. The molecule has 1 aromatic rings. The summed E-state index contributed by atoms with van der Waals surface area (Å²) >= 11 is 6.95. The maximum absolute atomic E-state index is 9.99. The first-order chi connectivity index (χ1) is 7.25. The van der Waals surface area contributed by atoms with Crippen LogP contribution in [0.3, 0.4) is 0 Å². The number of ether oxygens (including phenoxy) is 1. The van der Waals surface area contributed by atoms with Gasteiger partial charge in [-0.05, 0) is 28.1 Å². The molecule has 0 spiro atoms. The van der Waals surface area contributed by atoms with Crippen LogP contribution in [0.5, 0.6) is 0 Å². The van der Waals surface area contributed by atoms with Crippen molar-refractivity contribution in [3.05, 3.63) is 20.8 Å². The van der Waals surface area contributed by atoms with E-state index in [-0.39, 0.29) is 12.2 Å². The minimum Gasteiger partial charge on any atom is -0.390 e.